The lowest BCUT2D eigenvalue weighted by atomic mass is 9.90. The summed E-state index contributed by atoms with van der Waals surface area (Å²) in [6.07, 6.45) is 7.84. The largest absolute Gasteiger partial charge is 0.329 e. The van der Waals surface area contributed by atoms with E-state index in [1.165, 1.54) is 44.1 Å². The summed E-state index contributed by atoms with van der Waals surface area (Å²) in [4.78, 5) is 0. The van der Waals surface area contributed by atoms with E-state index < -0.39 is 0 Å². The van der Waals surface area contributed by atoms with E-state index in [1.807, 2.05) is 0 Å². The Kier molecular flexibility index (Phi) is 4.57. The Labute approximate surface area is 105 Å². The molecule has 94 valence electrons. The lowest BCUT2D eigenvalue weighted by molar-refractivity contribution is 0.290. The standard InChI is InChI=1S/C15H24N2/c16-13-15(10-6-1-2-7-11-15)17-12-14-8-4-3-5-9-14/h3-5,8-9,17H,1-2,6-7,10-13,16H2. The third-order valence-electron chi connectivity index (χ3n) is 3.96. The van der Waals surface area contributed by atoms with Crippen molar-refractivity contribution in [3.63, 3.8) is 0 Å². The molecule has 0 unspecified atom stereocenters. The van der Waals surface area contributed by atoms with E-state index >= 15 is 0 Å². The second kappa shape index (κ2) is 6.18. The van der Waals surface area contributed by atoms with Crippen molar-refractivity contribution in [2.45, 2.75) is 50.6 Å². The smallest absolute Gasteiger partial charge is 0.0307 e. The van der Waals surface area contributed by atoms with Crippen LogP contribution >= 0.6 is 0 Å². The molecule has 0 spiro atoms. The number of rotatable bonds is 4. The molecular formula is C15H24N2. The van der Waals surface area contributed by atoms with Gasteiger partial charge in [-0.1, -0.05) is 56.0 Å². The van der Waals surface area contributed by atoms with E-state index in [0.717, 1.165) is 13.1 Å². The first-order valence-electron chi connectivity index (χ1n) is 6.84. The van der Waals surface area contributed by atoms with Crippen molar-refractivity contribution in [3.05, 3.63) is 35.9 Å². The van der Waals surface area contributed by atoms with E-state index in [4.69, 9.17) is 5.73 Å². The molecule has 1 aliphatic carbocycles. The van der Waals surface area contributed by atoms with E-state index in [2.05, 4.69) is 35.6 Å². The minimum atomic E-state index is 0.187. The molecule has 0 heterocycles. The Morgan fingerprint density at radius 2 is 1.65 bits per heavy atom. The zero-order chi connectivity index (χ0) is 12.0. The predicted molar refractivity (Wildman–Crippen MR) is 72.8 cm³/mol. The van der Waals surface area contributed by atoms with E-state index in [0.29, 0.717) is 0 Å². The first-order valence-corrected chi connectivity index (χ1v) is 6.84. The van der Waals surface area contributed by atoms with Crippen LogP contribution in [-0.4, -0.2) is 12.1 Å². The topological polar surface area (TPSA) is 38.0 Å². The molecule has 2 rings (SSSR count). The second-order valence-electron chi connectivity index (χ2n) is 5.24. The van der Waals surface area contributed by atoms with Gasteiger partial charge < -0.3 is 11.1 Å². The monoisotopic (exact) mass is 232 g/mol. The van der Waals surface area contributed by atoms with Crippen LogP contribution in [0, 0.1) is 0 Å². The summed E-state index contributed by atoms with van der Waals surface area (Å²) in [6.45, 7) is 1.71. The summed E-state index contributed by atoms with van der Waals surface area (Å²) in [5.74, 6) is 0. The number of hydrogen-bond donors (Lipinski definition) is 2. The molecule has 1 aliphatic rings. The lowest BCUT2D eigenvalue weighted by Crippen LogP contribution is -2.50. The van der Waals surface area contributed by atoms with Gasteiger partial charge in [-0.3, -0.25) is 0 Å². The van der Waals surface area contributed by atoms with Crippen molar-refractivity contribution in [3.8, 4) is 0 Å². The molecule has 1 fully saturated rings. The Morgan fingerprint density at radius 1 is 1.00 bits per heavy atom. The van der Waals surface area contributed by atoms with Crippen LogP contribution in [0.3, 0.4) is 0 Å². The van der Waals surface area contributed by atoms with Crippen LogP contribution in [-0.2, 0) is 6.54 Å². The Hall–Kier alpha value is -0.860. The van der Waals surface area contributed by atoms with Crippen molar-refractivity contribution in [2.24, 2.45) is 5.73 Å². The molecule has 0 bridgehead atoms. The van der Waals surface area contributed by atoms with Crippen LogP contribution in [0.15, 0.2) is 30.3 Å². The molecule has 0 aliphatic heterocycles. The summed E-state index contributed by atoms with van der Waals surface area (Å²) < 4.78 is 0. The Morgan fingerprint density at radius 3 is 2.24 bits per heavy atom. The highest BCUT2D eigenvalue weighted by atomic mass is 15.0. The first-order chi connectivity index (χ1) is 8.35. The first kappa shape index (κ1) is 12.6. The lowest BCUT2D eigenvalue weighted by Gasteiger charge is -2.33. The van der Waals surface area contributed by atoms with Crippen molar-refractivity contribution in [1.29, 1.82) is 0 Å². The SMILES string of the molecule is NCC1(NCc2ccccc2)CCCCCC1. The van der Waals surface area contributed by atoms with Crippen LogP contribution < -0.4 is 11.1 Å². The van der Waals surface area contributed by atoms with Gasteiger partial charge in [0.2, 0.25) is 0 Å². The van der Waals surface area contributed by atoms with E-state index in [1.54, 1.807) is 0 Å². The fourth-order valence-corrected chi connectivity index (χ4v) is 2.74. The van der Waals surface area contributed by atoms with E-state index in [-0.39, 0.29) is 5.54 Å². The molecule has 3 N–H and O–H groups in total. The average Bonchev–Trinajstić information content (AvgIpc) is 2.64. The normalized spacial score (nSPS) is 19.8. The maximum absolute atomic E-state index is 6.01. The van der Waals surface area contributed by atoms with Gasteiger partial charge in [0.25, 0.3) is 0 Å². The number of nitrogens with one attached hydrogen (secondary N) is 1. The third-order valence-corrected chi connectivity index (χ3v) is 3.96. The molecule has 17 heavy (non-hydrogen) atoms. The zero-order valence-electron chi connectivity index (χ0n) is 10.6. The summed E-state index contributed by atoms with van der Waals surface area (Å²) in [5.41, 5.74) is 7.55. The van der Waals surface area contributed by atoms with Crippen LogP contribution in [0.4, 0.5) is 0 Å². The van der Waals surface area contributed by atoms with Gasteiger partial charge in [-0.15, -0.1) is 0 Å². The summed E-state index contributed by atoms with van der Waals surface area (Å²) in [7, 11) is 0. The molecule has 1 saturated carbocycles. The molecule has 0 radical (unpaired) electrons. The maximum atomic E-state index is 6.01. The molecule has 1 aromatic carbocycles. The number of nitrogens with two attached hydrogens (primary N) is 1. The number of hydrogen-bond acceptors (Lipinski definition) is 2. The van der Waals surface area contributed by atoms with Gasteiger partial charge in [-0.2, -0.15) is 0 Å². The van der Waals surface area contributed by atoms with Crippen molar-refractivity contribution < 1.29 is 0 Å². The molecule has 0 saturated heterocycles. The van der Waals surface area contributed by atoms with Crippen LogP contribution in [0.5, 0.6) is 0 Å². The summed E-state index contributed by atoms with van der Waals surface area (Å²) in [5, 5.41) is 3.72. The minimum Gasteiger partial charge on any atom is -0.329 e. The van der Waals surface area contributed by atoms with Crippen LogP contribution in [0.1, 0.15) is 44.1 Å². The van der Waals surface area contributed by atoms with Crippen LogP contribution in [0.25, 0.3) is 0 Å². The fraction of sp³-hybridized carbons (Fsp3) is 0.600. The Bertz CT molecular complexity index is 313. The van der Waals surface area contributed by atoms with Gasteiger partial charge in [0.1, 0.15) is 0 Å². The molecule has 2 nitrogen and oxygen atoms in total. The summed E-state index contributed by atoms with van der Waals surface area (Å²) >= 11 is 0. The van der Waals surface area contributed by atoms with Crippen molar-refractivity contribution >= 4 is 0 Å². The molecule has 1 aromatic rings. The molecule has 0 aromatic heterocycles. The van der Waals surface area contributed by atoms with Gasteiger partial charge >= 0.3 is 0 Å². The minimum absolute atomic E-state index is 0.187. The van der Waals surface area contributed by atoms with Crippen LogP contribution in [0.2, 0.25) is 0 Å². The van der Waals surface area contributed by atoms with Gasteiger partial charge in [0.05, 0.1) is 0 Å². The van der Waals surface area contributed by atoms with Crippen molar-refractivity contribution in [2.75, 3.05) is 6.54 Å². The van der Waals surface area contributed by atoms with E-state index in [9.17, 15) is 0 Å². The van der Waals surface area contributed by atoms with Gasteiger partial charge in [0.15, 0.2) is 0 Å². The molecule has 0 amide bonds. The van der Waals surface area contributed by atoms with Crippen molar-refractivity contribution in [1.82, 2.24) is 5.32 Å². The molecule has 2 heteroatoms. The Balaban J connectivity index is 1.94. The highest BCUT2D eigenvalue weighted by molar-refractivity contribution is 5.14. The van der Waals surface area contributed by atoms with Gasteiger partial charge in [0, 0.05) is 18.6 Å². The highest BCUT2D eigenvalue weighted by Crippen LogP contribution is 2.26. The quantitative estimate of drug-likeness (QED) is 0.783. The second-order valence-corrected chi connectivity index (χ2v) is 5.24. The average molecular weight is 232 g/mol. The van der Waals surface area contributed by atoms with Gasteiger partial charge in [-0.25, -0.2) is 0 Å². The molecular weight excluding hydrogens is 208 g/mol. The molecule has 0 atom stereocenters. The zero-order valence-corrected chi connectivity index (χ0v) is 10.6. The van der Waals surface area contributed by atoms with Gasteiger partial charge in [-0.05, 0) is 18.4 Å². The highest BCUT2D eigenvalue weighted by Gasteiger charge is 2.28. The predicted octanol–water partition coefficient (Wildman–Crippen LogP) is 2.83. The fourth-order valence-electron chi connectivity index (χ4n) is 2.74. The number of benzene rings is 1. The maximum Gasteiger partial charge on any atom is 0.0307 e. The summed E-state index contributed by atoms with van der Waals surface area (Å²) in [6, 6.07) is 10.6. The third kappa shape index (κ3) is 3.55.